The van der Waals surface area contributed by atoms with Crippen molar-refractivity contribution in [3.8, 4) is 0 Å². The van der Waals surface area contributed by atoms with Crippen molar-refractivity contribution in [2.24, 2.45) is 5.41 Å². The van der Waals surface area contributed by atoms with E-state index in [0.717, 1.165) is 0 Å². The van der Waals surface area contributed by atoms with E-state index in [1.165, 1.54) is 15.8 Å². The minimum Gasteiger partial charge on any atom is -0.355 e. The van der Waals surface area contributed by atoms with Crippen LogP contribution in [0.15, 0.2) is 30.6 Å². The summed E-state index contributed by atoms with van der Waals surface area (Å²) in [5.41, 5.74) is 0.599. The SMILES string of the molecule is CN(C)C(=O)c1cccc(N2CCC3(CCN(c4cnc5cnn(CC(F)F)c5n4)CC3)C2=O)n1. The van der Waals surface area contributed by atoms with Gasteiger partial charge in [0.05, 0.1) is 17.8 Å². The number of alkyl halides is 2. The van der Waals surface area contributed by atoms with Gasteiger partial charge >= 0.3 is 0 Å². The van der Waals surface area contributed by atoms with Crippen LogP contribution >= 0.6 is 0 Å². The number of piperidine rings is 1. The van der Waals surface area contributed by atoms with E-state index in [-0.39, 0.29) is 11.8 Å². The Morgan fingerprint density at radius 1 is 1.09 bits per heavy atom. The lowest BCUT2D eigenvalue weighted by Crippen LogP contribution is -2.45. The summed E-state index contributed by atoms with van der Waals surface area (Å²) in [6.07, 6.45) is 2.49. The smallest absolute Gasteiger partial charge is 0.272 e. The highest BCUT2D eigenvalue weighted by molar-refractivity contribution is 6.00. The highest BCUT2D eigenvalue weighted by atomic mass is 19.3. The maximum Gasteiger partial charge on any atom is 0.272 e. The fraction of sp³-hybridized carbons (Fsp3) is 0.478. The van der Waals surface area contributed by atoms with Crippen LogP contribution in [0.25, 0.3) is 11.2 Å². The molecule has 2 aliphatic rings. The fourth-order valence-corrected chi connectivity index (χ4v) is 4.85. The number of hydrogen-bond acceptors (Lipinski definition) is 7. The molecule has 0 bridgehead atoms. The summed E-state index contributed by atoms with van der Waals surface area (Å²) in [4.78, 5) is 44.3. The molecule has 0 aromatic carbocycles. The van der Waals surface area contributed by atoms with E-state index in [0.29, 0.717) is 67.4 Å². The van der Waals surface area contributed by atoms with Gasteiger partial charge in [0.2, 0.25) is 5.91 Å². The number of amides is 2. The predicted molar refractivity (Wildman–Crippen MR) is 124 cm³/mol. The fourth-order valence-electron chi connectivity index (χ4n) is 4.85. The van der Waals surface area contributed by atoms with Crippen LogP contribution in [-0.4, -0.2) is 81.6 Å². The number of fused-ring (bicyclic) bond motifs is 1. The van der Waals surface area contributed by atoms with Gasteiger partial charge in [0.25, 0.3) is 12.3 Å². The van der Waals surface area contributed by atoms with E-state index in [1.54, 1.807) is 43.4 Å². The highest BCUT2D eigenvalue weighted by Crippen LogP contribution is 2.43. The van der Waals surface area contributed by atoms with Gasteiger partial charge in [-0.25, -0.2) is 28.4 Å². The Kier molecular flexibility index (Phi) is 5.81. The molecule has 0 aliphatic carbocycles. The number of halogens is 2. The van der Waals surface area contributed by atoms with Gasteiger partial charge in [0.1, 0.15) is 29.4 Å². The largest absolute Gasteiger partial charge is 0.355 e. The monoisotopic (exact) mass is 484 g/mol. The van der Waals surface area contributed by atoms with Crippen LogP contribution in [0.5, 0.6) is 0 Å². The second kappa shape index (κ2) is 8.82. The van der Waals surface area contributed by atoms with E-state index in [9.17, 15) is 18.4 Å². The van der Waals surface area contributed by atoms with Gasteiger partial charge in [-0.3, -0.25) is 14.5 Å². The zero-order chi connectivity index (χ0) is 24.7. The van der Waals surface area contributed by atoms with E-state index in [2.05, 4.69) is 20.1 Å². The third kappa shape index (κ3) is 4.17. The molecule has 5 rings (SSSR count). The van der Waals surface area contributed by atoms with Crippen molar-refractivity contribution in [3.05, 3.63) is 36.3 Å². The molecular weight excluding hydrogens is 458 g/mol. The van der Waals surface area contributed by atoms with Crippen LogP contribution in [0.3, 0.4) is 0 Å². The first-order valence-corrected chi connectivity index (χ1v) is 11.5. The molecule has 0 N–H and O–H groups in total. The molecular formula is C23H26F2N8O2. The topological polar surface area (TPSA) is 100 Å². The molecule has 3 aromatic heterocycles. The van der Waals surface area contributed by atoms with E-state index >= 15 is 0 Å². The van der Waals surface area contributed by atoms with Crippen LogP contribution in [0.1, 0.15) is 29.8 Å². The molecule has 184 valence electrons. The quantitative estimate of drug-likeness (QED) is 0.547. The molecule has 35 heavy (non-hydrogen) atoms. The second-order valence-corrected chi connectivity index (χ2v) is 9.21. The molecule has 5 heterocycles. The van der Waals surface area contributed by atoms with Gasteiger partial charge in [-0.15, -0.1) is 0 Å². The number of pyridine rings is 1. The van der Waals surface area contributed by atoms with Crippen LogP contribution < -0.4 is 9.80 Å². The lowest BCUT2D eigenvalue weighted by atomic mass is 9.77. The van der Waals surface area contributed by atoms with Gasteiger partial charge in [-0.2, -0.15) is 5.10 Å². The standard InChI is InChI=1S/C23H26F2N8O2/c1-30(2)21(34)15-4-3-5-18(28-15)32-11-8-23(22(32)35)6-9-31(10-7-23)19-13-26-16-12-27-33(14-17(24)25)20(16)29-19/h3-5,12-13,17H,6-11,14H2,1-2H3. The second-order valence-electron chi connectivity index (χ2n) is 9.21. The van der Waals surface area contributed by atoms with Crippen molar-refractivity contribution in [2.75, 3.05) is 43.5 Å². The Labute approximate surface area is 200 Å². The van der Waals surface area contributed by atoms with Gasteiger partial charge < -0.3 is 9.80 Å². The number of aromatic nitrogens is 5. The van der Waals surface area contributed by atoms with Crippen molar-refractivity contribution in [2.45, 2.75) is 32.2 Å². The minimum absolute atomic E-state index is 0.0237. The maximum absolute atomic E-state index is 13.5. The van der Waals surface area contributed by atoms with Crippen molar-refractivity contribution in [1.82, 2.24) is 29.6 Å². The first-order chi connectivity index (χ1) is 16.8. The lowest BCUT2D eigenvalue weighted by Gasteiger charge is -2.38. The van der Waals surface area contributed by atoms with Crippen molar-refractivity contribution < 1.29 is 18.4 Å². The summed E-state index contributed by atoms with van der Waals surface area (Å²) in [5.74, 6) is 0.887. The Morgan fingerprint density at radius 2 is 1.83 bits per heavy atom. The molecule has 2 saturated heterocycles. The van der Waals surface area contributed by atoms with Crippen molar-refractivity contribution in [3.63, 3.8) is 0 Å². The predicted octanol–water partition coefficient (Wildman–Crippen LogP) is 2.21. The number of carbonyl (C=O) groups excluding carboxylic acids is 2. The summed E-state index contributed by atoms with van der Waals surface area (Å²) in [7, 11) is 3.32. The van der Waals surface area contributed by atoms with Crippen LogP contribution in [0.4, 0.5) is 20.4 Å². The van der Waals surface area contributed by atoms with Crippen LogP contribution in [-0.2, 0) is 11.3 Å². The number of rotatable bonds is 5. The van der Waals surface area contributed by atoms with Gasteiger partial charge in [-0.05, 0) is 31.4 Å². The molecule has 0 radical (unpaired) electrons. The molecule has 1 spiro atoms. The third-order valence-corrected chi connectivity index (χ3v) is 6.84. The number of anilines is 2. The first-order valence-electron chi connectivity index (χ1n) is 11.5. The lowest BCUT2D eigenvalue weighted by molar-refractivity contribution is -0.126. The minimum atomic E-state index is -2.54. The molecule has 2 fully saturated rings. The first kappa shape index (κ1) is 23.1. The average Bonchev–Trinajstić information content (AvgIpc) is 3.39. The van der Waals surface area contributed by atoms with Crippen LogP contribution in [0, 0.1) is 5.41 Å². The summed E-state index contributed by atoms with van der Waals surface area (Å²) >= 11 is 0. The Balaban J connectivity index is 1.30. The summed E-state index contributed by atoms with van der Waals surface area (Å²) in [6, 6.07) is 5.14. The van der Waals surface area contributed by atoms with Crippen molar-refractivity contribution in [1.29, 1.82) is 0 Å². The van der Waals surface area contributed by atoms with Gasteiger partial charge in [0, 0.05) is 33.7 Å². The molecule has 10 nitrogen and oxygen atoms in total. The normalized spacial score (nSPS) is 17.7. The number of carbonyl (C=O) groups is 2. The molecule has 12 heteroatoms. The number of nitrogens with zero attached hydrogens (tertiary/aromatic N) is 8. The zero-order valence-corrected chi connectivity index (χ0v) is 19.6. The highest BCUT2D eigenvalue weighted by Gasteiger charge is 2.49. The molecule has 3 aromatic rings. The van der Waals surface area contributed by atoms with E-state index in [4.69, 9.17) is 0 Å². The van der Waals surface area contributed by atoms with Crippen molar-refractivity contribution >= 4 is 34.6 Å². The van der Waals surface area contributed by atoms with E-state index in [1.807, 2.05) is 4.90 Å². The van der Waals surface area contributed by atoms with Crippen LogP contribution in [0.2, 0.25) is 0 Å². The molecule has 0 unspecified atom stereocenters. The third-order valence-electron chi connectivity index (χ3n) is 6.84. The maximum atomic E-state index is 13.5. The molecule has 0 atom stereocenters. The van der Waals surface area contributed by atoms with Gasteiger partial charge in [0.15, 0.2) is 5.65 Å². The molecule has 0 saturated carbocycles. The summed E-state index contributed by atoms with van der Waals surface area (Å²) in [6.45, 7) is 1.19. The number of hydrogen-bond donors (Lipinski definition) is 0. The van der Waals surface area contributed by atoms with E-state index < -0.39 is 18.4 Å². The molecule has 2 aliphatic heterocycles. The Hall–Kier alpha value is -3.70. The summed E-state index contributed by atoms with van der Waals surface area (Å²) in [5, 5.41) is 3.97. The Bertz CT molecular complexity index is 1270. The Morgan fingerprint density at radius 3 is 2.54 bits per heavy atom. The van der Waals surface area contributed by atoms with Gasteiger partial charge in [-0.1, -0.05) is 6.07 Å². The molecule has 2 amide bonds. The zero-order valence-electron chi connectivity index (χ0n) is 19.6. The average molecular weight is 485 g/mol. The summed E-state index contributed by atoms with van der Waals surface area (Å²) < 4.78 is 26.9.